The fourth-order valence-corrected chi connectivity index (χ4v) is 2.49. The lowest BCUT2D eigenvalue weighted by atomic mass is 10.4. The molecule has 0 saturated heterocycles. The summed E-state index contributed by atoms with van der Waals surface area (Å²) in [5, 5.41) is 14.0. The monoisotopic (exact) mass is 307 g/mol. The summed E-state index contributed by atoms with van der Waals surface area (Å²) in [6.07, 6.45) is 1.41. The number of aromatic amines is 1. The summed E-state index contributed by atoms with van der Waals surface area (Å²) >= 11 is 0. The molecule has 1 aromatic heterocycles. The Morgan fingerprint density at radius 2 is 2.20 bits per heavy atom. The number of carbonyl (C=O) groups is 1. The smallest absolute Gasteiger partial charge is 0.340 e. The highest BCUT2D eigenvalue weighted by molar-refractivity contribution is 7.89. The van der Waals surface area contributed by atoms with Crippen LogP contribution in [0, 0.1) is 0 Å². The molecule has 10 heteroatoms. The Labute approximate surface area is 116 Å². The molecule has 1 heterocycles. The van der Waals surface area contributed by atoms with E-state index in [1.54, 1.807) is 7.11 Å². The zero-order chi connectivity index (χ0) is 15.0. The van der Waals surface area contributed by atoms with Crippen LogP contribution in [-0.2, 0) is 19.5 Å². The van der Waals surface area contributed by atoms with Crippen LogP contribution < -0.4 is 4.72 Å². The molecule has 0 saturated carbocycles. The molecule has 0 fully saturated rings. The molecule has 0 aliphatic carbocycles. The first-order valence-corrected chi connectivity index (χ1v) is 7.30. The topological polar surface area (TPSA) is 131 Å². The normalized spacial score (nSPS) is 11.7. The quantitative estimate of drug-likeness (QED) is 0.494. The summed E-state index contributed by atoms with van der Waals surface area (Å²) in [5.41, 5.74) is -0.395. The molecule has 9 nitrogen and oxygen atoms in total. The fraction of sp³-hybridized carbons (Fsp3) is 0.600. The summed E-state index contributed by atoms with van der Waals surface area (Å²) in [6, 6.07) is 0. The first kappa shape index (κ1) is 16.6. The molecule has 1 aromatic rings. The molecular formula is C10H17N3O6S. The van der Waals surface area contributed by atoms with Gasteiger partial charge in [0.05, 0.1) is 19.4 Å². The van der Waals surface area contributed by atoms with E-state index in [9.17, 15) is 13.2 Å². The van der Waals surface area contributed by atoms with Gasteiger partial charge in [-0.05, 0) is 6.42 Å². The molecule has 0 aliphatic rings. The van der Waals surface area contributed by atoms with Crippen LogP contribution in [0.15, 0.2) is 11.2 Å². The van der Waals surface area contributed by atoms with Gasteiger partial charge in [-0.3, -0.25) is 5.10 Å². The Morgan fingerprint density at radius 3 is 2.85 bits per heavy atom. The zero-order valence-corrected chi connectivity index (χ0v) is 11.8. The number of rotatable bonds is 10. The van der Waals surface area contributed by atoms with Gasteiger partial charge in [0, 0.05) is 20.3 Å². The third kappa shape index (κ3) is 4.89. The van der Waals surface area contributed by atoms with Crippen LogP contribution in [-0.4, -0.2) is 63.2 Å². The molecule has 0 radical (unpaired) electrons. The van der Waals surface area contributed by atoms with Crippen molar-refractivity contribution in [2.45, 2.75) is 11.4 Å². The van der Waals surface area contributed by atoms with E-state index in [4.69, 9.17) is 14.6 Å². The first-order valence-electron chi connectivity index (χ1n) is 5.82. The summed E-state index contributed by atoms with van der Waals surface area (Å²) in [7, 11) is -2.36. The third-order valence-corrected chi connectivity index (χ3v) is 3.73. The maximum absolute atomic E-state index is 11.8. The van der Waals surface area contributed by atoms with Gasteiger partial charge in [-0.2, -0.15) is 5.10 Å². The molecule has 1 rings (SSSR count). The largest absolute Gasteiger partial charge is 0.478 e. The molecule has 114 valence electrons. The van der Waals surface area contributed by atoms with Crippen LogP contribution in [0.3, 0.4) is 0 Å². The van der Waals surface area contributed by atoms with Crippen LogP contribution in [0.1, 0.15) is 16.8 Å². The summed E-state index contributed by atoms with van der Waals surface area (Å²) < 4.78 is 35.9. The number of carboxylic acid groups (broad SMARTS) is 1. The lowest BCUT2D eigenvalue weighted by Crippen LogP contribution is -2.27. The second-order valence-corrected chi connectivity index (χ2v) is 5.48. The summed E-state index contributed by atoms with van der Waals surface area (Å²) in [6.45, 7) is 1.42. The minimum Gasteiger partial charge on any atom is -0.478 e. The predicted octanol–water partition coefficient (Wildman–Crippen LogP) is -0.561. The lowest BCUT2D eigenvalue weighted by Gasteiger charge is -2.06. The molecule has 0 aliphatic heterocycles. The van der Waals surface area contributed by atoms with Crippen molar-refractivity contribution in [1.82, 2.24) is 14.9 Å². The second-order valence-electron chi connectivity index (χ2n) is 3.77. The van der Waals surface area contributed by atoms with Crippen molar-refractivity contribution in [2.75, 3.05) is 33.5 Å². The Morgan fingerprint density at radius 1 is 1.45 bits per heavy atom. The number of nitrogens with zero attached hydrogens (tertiary/aromatic N) is 1. The molecule has 0 atom stereocenters. The van der Waals surface area contributed by atoms with Crippen LogP contribution in [0.5, 0.6) is 0 Å². The van der Waals surface area contributed by atoms with Crippen molar-refractivity contribution in [2.24, 2.45) is 0 Å². The average molecular weight is 307 g/mol. The van der Waals surface area contributed by atoms with Gasteiger partial charge in [0.25, 0.3) is 10.0 Å². The van der Waals surface area contributed by atoms with Crippen molar-refractivity contribution in [3.05, 3.63) is 11.8 Å². The molecule has 20 heavy (non-hydrogen) atoms. The Balaban J connectivity index is 2.42. The molecular weight excluding hydrogens is 290 g/mol. The number of aromatic carboxylic acids is 1. The van der Waals surface area contributed by atoms with E-state index < -0.39 is 26.6 Å². The van der Waals surface area contributed by atoms with Crippen molar-refractivity contribution < 1.29 is 27.8 Å². The van der Waals surface area contributed by atoms with Gasteiger partial charge in [0.1, 0.15) is 5.56 Å². The van der Waals surface area contributed by atoms with E-state index in [1.807, 2.05) is 0 Å². The minimum absolute atomic E-state index is 0.132. The highest BCUT2D eigenvalue weighted by atomic mass is 32.2. The van der Waals surface area contributed by atoms with E-state index in [2.05, 4.69) is 14.9 Å². The van der Waals surface area contributed by atoms with Gasteiger partial charge >= 0.3 is 5.97 Å². The van der Waals surface area contributed by atoms with Crippen LogP contribution in [0.2, 0.25) is 0 Å². The van der Waals surface area contributed by atoms with Gasteiger partial charge in [0.2, 0.25) is 0 Å². The number of ether oxygens (including phenoxy) is 2. The van der Waals surface area contributed by atoms with Gasteiger partial charge in [-0.15, -0.1) is 0 Å². The maximum atomic E-state index is 11.8. The summed E-state index contributed by atoms with van der Waals surface area (Å²) in [5.74, 6) is -1.36. The number of sulfonamides is 1. The maximum Gasteiger partial charge on any atom is 0.340 e. The zero-order valence-electron chi connectivity index (χ0n) is 11.0. The molecule has 0 bridgehead atoms. The van der Waals surface area contributed by atoms with E-state index in [1.165, 1.54) is 0 Å². The van der Waals surface area contributed by atoms with Crippen LogP contribution in [0.25, 0.3) is 0 Å². The van der Waals surface area contributed by atoms with Crippen LogP contribution >= 0.6 is 0 Å². The standard InChI is InChI=1S/C10H17N3O6S/c1-18-5-6-19-4-2-3-12-20(16,17)9-8(10(14)15)7-11-13-9/h7,12H,2-6H2,1H3,(H,11,13)(H,14,15). The molecule has 0 amide bonds. The Bertz CT molecular complexity index is 527. The fourth-order valence-electron chi connectivity index (χ4n) is 1.33. The number of H-pyrrole nitrogens is 1. The first-order chi connectivity index (χ1) is 9.49. The molecule has 0 unspecified atom stereocenters. The average Bonchev–Trinajstić information content (AvgIpc) is 2.88. The minimum atomic E-state index is -3.92. The van der Waals surface area contributed by atoms with E-state index in [0.29, 0.717) is 26.2 Å². The second kappa shape index (κ2) is 7.94. The van der Waals surface area contributed by atoms with Crippen molar-refractivity contribution in [3.63, 3.8) is 0 Å². The Hall–Kier alpha value is -1.49. The Kier molecular flexibility index (Phi) is 6.58. The lowest BCUT2D eigenvalue weighted by molar-refractivity contribution is 0.0691. The van der Waals surface area contributed by atoms with E-state index >= 15 is 0 Å². The van der Waals surface area contributed by atoms with Crippen molar-refractivity contribution >= 4 is 16.0 Å². The highest BCUT2D eigenvalue weighted by Gasteiger charge is 2.24. The number of methoxy groups -OCH3 is 1. The van der Waals surface area contributed by atoms with E-state index in [0.717, 1.165) is 6.20 Å². The number of carboxylic acids is 1. The van der Waals surface area contributed by atoms with Gasteiger partial charge in [-0.1, -0.05) is 0 Å². The SMILES string of the molecule is COCCOCCCNS(=O)(=O)c1[nH]ncc1C(=O)O. The molecule has 0 spiro atoms. The number of hydrogen-bond acceptors (Lipinski definition) is 6. The number of aromatic nitrogens is 2. The number of nitrogens with one attached hydrogen (secondary N) is 2. The van der Waals surface area contributed by atoms with Crippen molar-refractivity contribution in [1.29, 1.82) is 0 Å². The van der Waals surface area contributed by atoms with Crippen molar-refractivity contribution in [3.8, 4) is 0 Å². The molecule has 3 N–H and O–H groups in total. The van der Waals surface area contributed by atoms with Gasteiger partial charge in [-0.25, -0.2) is 17.9 Å². The van der Waals surface area contributed by atoms with Crippen LogP contribution in [0.4, 0.5) is 0 Å². The van der Waals surface area contributed by atoms with Gasteiger partial charge in [0.15, 0.2) is 5.03 Å². The van der Waals surface area contributed by atoms with E-state index in [-0.39, 0.29) is 6.54 Å². The predicted molar refractivity (Wildman–Crippen MR) is 68.0 cm³/mol. The molecule has 0 aromatic carbocycles. The summed E-state index contributed by atoms with van der Waals surface area (Å²) in [4.78, 5) is 10.8. The van der Waals surface area contributed by atoms with Gasteiger partial charge < -0.3 is 14.6 Å². The third-order valence-electron chi connectivity index (χ3n) is 2.29. The number of hydrogen-bond donors (Lipinski definition) is 3. The highest BCUT2D eigenvalue weighted by Crippen LogP contribution is 2.11.